The normalized spacial score (nSPS) is 13.3. The van der Waals surface area contributed by atoms with E-state index in [1.165, 1.54) is 18.2 Å². The number of hydrogen-bond acceptors (Lipinski definition) is 5. The molecule has 3 rings (SSSR count). The number of thioether (sulfide) groups is 1. The van der Waals surface area contributed by atoms with Crippen molar-refractivity contribution in [1.82, 2.24) is 19.9 Å². The second-order valence-corrected chi connectivity index (χ2v) is 8.98. The molecule has 12 heteroatoms. The van der Waals surface area contributed by atoms with Crippen molar-refractivity contribution >= 4 is 63.2 Å². The lowest BCUT2D eigenvalue weighted by Gasteiger charge is -2.10. The highest BCUT2D eigenvalue weighted by Crippen LogP contribution is 2.37. The van der Waals surface area contributed by atoms with Gasteiger partial charge in [0.1, 0.15) is 5.69 Å². The van der Waals surface area contributed by atoms with Crippen molar-refractivity contribution < 1.29 is 18.0 Å². The van der Waals surface area contributed by atoms with Crippen LogP contribution in [0.1, 0.15) is 17.6 Å². The Morgan fingerprint density at radius 1 is 1.40 bits per heavy atom. The zero-order valence-corrected chi connectivity index (χ0v) is 18.8. The average molecular weight is 495 g/mol. The van der Waals surface area contributed by atoms with Crippen molar-refractivity contribution in [3.05, 3.63) is 45.0 Å². The van der Waals surface area contributed by atoms with Crippen LogP contribution in [0.15, 0.2) is 24.3 Å². The Bertz CT molecular complexity index is 1110. The molecular formula is C18H15Cl2F3N4OS2. The number of benzene rings is 1. The third-order valence-electron chi connectivity index (χ3n) is 3.86. The first kappa shape index (κ1) is 22.9. The smallest absolute Gasteiger partial charge is 0.349 e. The fourth-order valence-corrected chi connectivity index (χ4v) is 4.50. The van der Waals surface area contributed by atoms with Crippen molar-refractivity contribution in [2.75, 3.05) is 12.0 Å². The summed E-state index contributed by atoms with van der Waals surface area (Å²) in [5.41, 5.74) is 0.960. The number of aromatic nitrogens is 3. The van der Waals surface area contributed by atoms with Gasteiger partial charge >= 0.3 is 6.18 Å². The molecule has 0 aliphatic rings. The van der Waals surface area contributed by atoms with E-state index in [0.29, 0.717) is 27.6 Å². The Hall–Kier alpha value is -1.75. The summed E-state index contributed by atoms with van der Waals surface area (Å²) in [5.74, 6) is 0.342. The number of halogens is 5. The van der Waals surface area contributed by atoms with E-state index in [1.54, 1.807) is 23.9 Å². The Kier molecular flexibility index (Phi) is 7.01. The summed E-state index contributed by atoms with van der Waals surface area (Å²) in [7, 11) is 0. The van der Waals surface area contributed by atoms with Gasteiger partial charge in [-0.3, -0.25) is 4.79 Å². The van der Waals surface area contributed by atoms with Crippen molar-refractivity contribution in [3.63, 3.8) is 0 Å². The first-order valence-electron chi connectivity index (χ1n) is 8.50. The molecule has 0 aliphatic carbocycles. The highest BCUT2D eigenvalue weighted by molar-refractivity contribution is 7.98. The molecule has 30 heavy (non-hydrogen) atoms. The standard InChI is InChI=1S/C18H15Cl2F3N4OS2/c1-9(8-29-2)24-14(28)6-5-13-15(11-4-3-10(19)7-12(11)20)25-17-27(13)26-16(30-17)18(21,22)23/h3-7,9H,8H2,1-2H3,(H,24,28)/t9-/m0/s1. The van der Waals surface area contributed by atoms with Crippen LogP contribution in [0.3, 0.4) is 0 Å². The molecule has 2 aromatic heterocycles. The van der Waals surface area contributed by atoms with Crippen LogP contribution in [-0.4, -0.2) is 38.6 Å². The number of carbonyl (C=O) groups is 1. The van der Waals surface area contributed by atoms with E-state index in [4.69, 9.17) is 23.2 Å². The summed E-state index contributed by atoms with van der Waals surface area (Å²) in [5, 5.41) is 6.06. The largest absolute Gasteiger partial charge is 0.445 e. The third kappa shape index (κ3) is 5.11. The van der Waals surface area contributed by atoms with Crippen LogP contribution in [-0.2, 0) is 11.0 Å². The number of carbonyl (C=O) groups excluding carboxylic acids is 1. The van der Waals surface area contributed by atoms with E-state index >= 15 is 0 Å². The van der Waals surface area contributed by atoms with Gasteiger partial charge in [0.25, 0.3) is 0 Å². The Labute approximate surface area is 188 Å². The summed E-state index contributed by atoms with van der Waals surface area (Å²) in [4.78, 5) is 16.5. The number of hydrogen-bond donors (Lipinski definition) is 1. The number of fused-ring (bicyclic) bond motifs is 1. The lowest BCUT2D eigenvalue weighted by Crippen LogP contribution is -2.32. The maximum absolute atomic E-state index is 13.1. The molecule has 0 bridgehead atoms. The van der Waals surface area contributed by atoms with Gasteiger partial charge in [0, 0.05) is 28.5 Å². The summed E-state index contributed by atoms with van der Waals surface area (Å²) in [6.07, 6.45) is -0.0688. The fraction of sp³-hybridized carbons (Fsp3) is 0.278. The van der Waals surface area contributed by atoms with Gasteiger partial charge in [-0.1, -0.05) is 34.5 Å². The summed E-state index contributed by atoms with van der Waals surface area (Å²) in [6.45, 7) is 1.86. The quantitative estimate of drug-likeness (QED) is 0.448. The van der Waals surface area contributed by atoms with Crippen LogP contribution >= 0.6 is 46.3 Å². The van der Waals surface area contributed by atoms with Gasteiger partial charge < -0.3 is 5.32 Å². The molecule has 160 valence electrons. The van der Waals surface area contributed by atoms with E-state index in [-0.39, 0.29) is 27.6 Å². The SMILES string of the molecule is CSC[C@H](C)NC(=O)C=Cc1c(-c2ccc(Cl)cc2Cl)nc2sc(C(F)(F)F)nn12. The lowest BCUT2D eigenvalue weighted by molar-refractivity contribution is -0.138. The maximum Gasteiger partial charge on any atom is 0.445 e. The molecule has 0 aliphatic heterocycles. The highest BCUT2D eigenvalue weighted by Gasteiger charge is 2.36. The molecule has 0 saturated carbocycles. The Morgan fingerprint density at radius 3 is 2.77 bits per heavy atom. The van der Waals surface area contributed by atoms with Gasteiger partial charge in [-0.2, -0.15) is 24.9 Å². The average Bonchev–Trinajstić information content (AvgIpc) is 3.18. The lowest BCUT2D eigenvalue weighted by atomic mass is 10.1. The predicted octanol–water partition coefficient (Wildman–Crippen LogP) is 5.66. The van der Waals surface area contributed by atoms with Crippen LogP contribution in [0.25, 0.3) is 22.3 Å². The van der Waals surface area contributed by atoms with Gasteiger partial charge in [0.05, 0.1) is 10.7 Å². The number of amides is 1. The van der Waals surface area contributed by atoms with Gasteiger partial charge in [-0.05, 0) is 37.5 Å². The molecule has 0 fully saturated rings. The molecule has 0 saturated heterocycles. The van der Waals surface area contributed by atoms with Gasteiger partial charge in [0.2, 0.25) is 15.9 Å². The van der Waals surface area contributed by atoms with Gasteiger partial charge in [0.15, 0.2) is 0 Å². The Morgan fingerprint density at radius 2 is 2.13 bits per heavy atom. The number of alkyl halides is 3. The third-order valence-corrected chi connectivity index (χ3v) is 6.20. The van der Waals surface area contributed by atoms with Crippen molar-refractivity contribution in [1.29, 1.82) is 0 Å². The van der Waals surface area contributed by atoms with Crippen molar-refractivity contribution in [2.24, 2.45) is 0 Å². The van der Waals surface area contributed by atoms with E-state index in [0.717, 1.165) is 10.3 Å². The molecule has 0 radical (unpaired) electrons. The summed E-state index contributed by atoms with van der Waals surface area (Å²) in [6, 6.07) is 4.64. The zero-order valence-electron chi connectivity index (χ0n) is 15.6. The van der Waals surface area contributed by atoms with Crippen LogP contribution in [0.4, 0.5) is 13.2 Å². The molecular weight excluding hydrogens is 480 g/mol. The molecule has 1 N–H and O–H groups in total. The molecule has 5 nitrogen and oxygen atoms in total. The molecule has 3 aromatic rings. The number of nitrogens with zero attached hydrogens (tertiary/aromatic N) is 3. The number of imidazole rings is 1. The molecule has 1 atom stereocenters. The van der Waals surface area contributed by atoms with E-state index in [2.05, 4.69) is 15.4 Å². The van der Waals surface area contributed by atoms with Crippen molar-refractivity contribution in [2.45, 2.75) is 19.1 Å². The second kappa shape index (κ2) is 9.17. The van der Waals surface area contributed by atoms with E-state index in [1.807, 2.05) is 13.2 Å². The highest BCUT2D eigenvalue weighted by atomic mass is 35.5. The van der Waals surface area contributed by atoms with Crippen LogP contribution < -0.4 is 5.32 Å². The topological polar surface area (TPSA) is 59.3 Å². The van der Waals surface area contributed by atoms with Crippen molar-refractivity contribution in [3.8, 4) is 11.3 Å². The molecule has 0 unspecified atom stereocenters. The first-order chi connectivity index (χ1) is 14.1. The fourth-order valence-electron chi connectivity index (χ4n) is 2.65. The monoisotopic (exact) mass is 494 g/mol. The predicted molar refractivity (Wildman–Crippen MR) is 116 cm³/mol. The van der Waals surface area contributed by atoms with E-state index in [9.17, 15) is 18.0 Å². The summed E-state index contributed by atoms with van der Waals surface area (Å²) >= 11 is 14.2. The molecule has 2 heterocycles. The van der Waals surface area contributed by atoms with Crippen LogP contribution in [0.2, 0.25) is 10.0 Å². The van der Waals surface area contributed by atoms with Crippen LogP contribution in [0, 0.1) is 0 Å². The van der Waals surface area contributed by atoms with Gasteiger partial charge in [-0.25, -0.2) is 9.50 Å². The summed E-state index contributed by atoms with van der Waals surface area (Å²) < 4.78 is 40.3. The Balaban J connectivity index is 2.07. The molecule has 0 spiro atoms. The minimum absolute atomic E-state index is 0.0270. The minimum Gasteiger partial charge on any atom is -0.349 e. The van der Waals surface area contributed by atoms with Gasteiger partial charge in [-0.15, -0.1) is 5.10 Å². The minimum atomic E-state index is -4.60. The van der Waals surface area contributed by atoms with Crippen LogP contribution in [0.5, 0.6) is 0 Å². The maximum atomic E-state index is 13.1. The molecule has 1 aromatic carbocycles. The first-order valence-corrected chi connectivity index (χ1v) is 11.5. The zero-order chi connectivity index (χ0) is 22.1. The number of nitrogens with one attached hydrogen (secondary N) is 1. The molecule has 1 amide bonds. The number of rotatable bonds is 6. The van der Waals surface area contributed by atoms with E-state index < -0.39 is 11.2 Å². The second-order valence-electron chi connectivity index (χ2n) is 6.27.